The predicted molar refractivity (Wildman–Crippen MR) is 92.0 cm³/mol. The third-order valence-electron chi connectivity index (χ3n) is 3.69. The molecule has 1 aromatic carbocycles. The summed E-state index contributed by atoms with van der Waals surface area (Å²) in [6.07, 6.45) is 3.84. The van der Waals surface area contributed by atoms with E-state index in [1.807, 2.05) is 19.1 Å². The highest BCUT2D eigenvalue weighted by Crippen LogP contribution is 2.40. The summed E-state index contributed by atoms with van der Waals surface area (Å²) in [7, 11) is 4.61. The highest BCUT2D eigenvalue weighted by molar-refractivity contribution is 5.92. The Morgan fingerprint density at radius 1 is 1.17 bits per heavy atom. The van der Waals surface area contributed by atoms with Crippen LogP contribution in [0.5, 0.6) is 17.2 Å². The lowest BCUT2D eigenvalue weighted by Crippen LogP contribution is -2.14. The fraction of sp³-hybridized carbons (Fsp3) is 0.333. The lowest BCUT2D eigenvalue weighted by Gasteiger charge is -2.15. The molecule has 6 nitrogen and oxygen atoms in total. The van der Waals surface area contributed by atoms with Gasteiger partial charge in [0.1, 0.15) is 0 Å². The standard InChI is InChI=1S/C18H22N2O4/c1-12(13-6-5-7-19-11-13)8-17(21)20-14-9-15(22-2)18(24-4)16(10-14)23-3/h5-7,9-12H,8H2,1-4H3,(H,20,21). The number of ether oxygens (including phenoxy) is 3. The van der Waals surface area contributed by atoms with Crippen LogP contribution >= 0.6 is 0 Å². The Hall–Kier alpha value is -2.76. The minimum absolute atomic E-state index is 0.0701. The van der Waals surface area contributed by atoms with Crippen molar-refractivity contribution >= 4 is 11.6 Å². The van der Waals surface area contributed by atoms with Gasteiger partial charge in [0.2, 0.25) is 11.7 Å². The molecule has 24 heavy (non-hydrogen) atoms. The fourth-order valence-corrected chi connectivity index (χ4v) is 2.43. The van der Waals surface area contributed by atoms with Crippen molar-refractivity contribution in [2.75, 3.05) is 26.6 Å². The predicted octanol–water partition coefficient (Wildman–Crippen LogP) is 3.24. The van der Waals surface area contributed by atoms with Crippen LogP contribution in [-0.2, 0) is 4.79 Å². The molecule has 1 amide bonds. The summed E-state index contributed by atoms with van der Waals surface area (Å²) in [6, 6.07) is 7.23. The van der Waals surface area contributed by atoms with Crippen LogP contribution in [0.15, 0.2) is 36.7 Å². The Morgan fingerprint density at radius 2 is 1.83 bits per heavy atom. The summed E-state index contributed by atoms with van der Waals surface area (Å²) >= 11 is 0. The Morgan fingerprint density at radius 3 is 2.33 bits per heavy atom. The molecule has 1 unspecified atom stereocenters. The van der Waals surface area contributed by atoms with Crippen molar-refractivity contribution in [1.29, 1.82) is 0 Å². The van der Waals surface area contributed by atoms with Crippen LogP contribution in [0, 0.1) is 0 Å². The quantitative estimate of drug-likeness (QED) is 0.844. The van der Waals surface area contributed by atoms with Crippen LogP contribution in [0.1, 0.15) is 24.8 Å². The first kappa shape index (κ1) is 17.6. The number of hydrogen-bond donors (Lipinski definition) is 1. The Bertz CT molecular complexity index is 664. The number of aromatic nitrogens is 1. The lowest BCUT2D eigenvalue weighted by atomic mass is 9.99. The molecular formula is C18H22N2O4. The van der Waals surface area contributed by atoms with Gasteiger partial charge in [0, 0.05) is 36.6 Å². The van der Waals surface area contributed by atoms with Gasteiger partial charge >= 0.3 is 0 Å². The number of methoxy groups -OCH3 is 3. The molecule has 2 aromatic rings. The molecule has 1 aromatic heterocycles. The molecule has 0 radical (unpaired) electrons. The molecule has 128 valence electrons. The van der Waals surface area contributed by atoms with Crippen molar-refractivity contribution < 1.29 is 19.0 Å². The average molecular weight is 330 g/mol. The molecule has 0 saturated heterocycles. The third kappa shape index (κ3) is 4.16. The number of pyridine rings is 1. The van der Waals surface area contributed by atoms with Crippen LogP contribution in [0.2, 0.25) is 0 Å². The van der Waals surface area contributed by atoms with Gasteiger partial charge in [-0.15, -0.1) is 0 Å². The van der Waals surface area contributed by atoms with Crippen molar-refractivity contribution in [2.24, 2.45) is 0 Å². The number of nitrogens with one attached hydrogen (secondary N) is 1. The molecule has 0 spiro atoms. The van der Waals surface area contributed by atoms with E-state index in [-0.39, 0.29) is 11.8 Å². The number of anilines is 1. The molecule has 0 bridgehead atoms. The van der Waals surface area contributed by atoms with Crippen molar-refractivity contribution in [3.63, 3.8) is 0 Å². The van der Waals surface area contributed by atoms with E-state index in [0.717, 1.165) is 5.56 Å². The van der Waals surface area contributed by atoms with Gasteiger partial charge in [-0.2, -0.15) is 0 Å². The second-order valence-electron chi connectivity index (χ2n) is 5.35. The van der Waals surface area contributed by atoms with Crippen molar-refractivity contribution in [1.82, 2.24) is 4.98 Å². The zero-order valence-corrected chi connectivity index (χ0v) is 14.3. The molecule has 2 rings (SSSR count). The van der Waals surface area contributed by atoms with E-state index in [1.165, 1.54) is 21.3 Å². The maximum Gasteiger partial charge on any atom is 0.224 e. The summed E-state index contributed by atoms with van der Waals surface area (Å²) in [5.41, 5.74) is 1.62. The van der Waals surface area contributed by atoms with E-state index in [9.17, 15) is 4.79 Å². The molecule has 0 aliphatic carbocycles. The zero-order chi connectivity index (χ0) is 17.5. The minimum atomic E-state index is -0.0966. The molecular weight excluding hydrogens is 308 g/mol. The number of amides is 1. The SMILES string of the molecule is COc1cc(NC(=O)CC(C)c2cccnc2)cc(OC)c1OC. The maximum atomic E-state index is 12.3. The van der Waals surface area contributed by atoms with Crippen LogP contribution in [-0.4, -0.2) is 32.2 Å². The van der Waals surface area contributed by atoms with E-state index in [0.29, 0.717) is 29.4 Å². The highest BCUT2D eigenvalue weighted by Gasteiger charge is 2.16. The topological polar surface area (TPSA) is 69.7 Å². The Kier molecular flexibility index (Phi) is 6.01. The fourth-order valence-electron chi connectivity index (χ4n) is 2.43. The summed E-state index contributed by atoms with van der Waals surface area (Å²) in [6.45, 7) is 1.99. The first-order chi connectivity index (χ1) is 11.6. The van der Waals surface area contributed by atoms with E-state index < -0.39 is 0 Å². The largest absolute Gasteiger partial charge is 0.493 e. The number of nitrogens with zero attached hydrogens (tertiary/aromatic N) is 1. The second kappa shape index (κ2) is 8.19. The smallest absolute Gasteiger partial charge is 0.224 e. The molecule has 6 heteroatoms. The van der Waals surface area contributed by atoms with Gasteiger partial charge in [-0.3, -0.25) is 9.78 Å². The monoisotopic (exact) mass is 330 g/mol. The van der Waals surface area contributed by atoms with Gasteiger partial charge in [0.15, 0.2) is 11.5 Å². The minimum Gasteiger partial charge on any atom is -0.493 e. The van der Waals surface area contributed by atoms with Crippen LogP contribution < -0.4 is 19.5 Å². The number of benzene rings is 1. The van der Waals surface area contributed by atoms with Gasteiger partial charge in [-0.05, 0) is 17.5 Å². The van der Waals surface area contributed by atoms with E-state index in [2.05, 4.69) is 10.3 Å². The molecule has 0 fully saturated rings. The van der Waals surface area contributed by atoms with Crippen LogP contribution in [0.25, 0.3) is 0 Å². The molecule has 0 aliphatic rings. The normalized spacial score (nSPS) is 11.5. The maximum absolute atomic E-state index is 12.3. The van der Waals surface area contributed by atoms with Gasteiger partial charge in [-0.1, -0.05) is 13.0 Å². The number of carbonyl (C=O) groups is 1. The first-order valence-corrected chi connectivity index (χ1v) is 7.58. The molecule has 1 N–H and O–H groups in total. The molecule has 0 saturated carbocycles. The zero-order valence-electron chi connectivity index (χ0n) is 14.3. The summed E-state index contributed by atoms with van der Waals surface area (Å²) in [5, 5.41) is 2.87. The number of rotatable bonds is 7. The number of hydrogen-bond acceptors (Lipinski definition) is 5. The summed E-state index contributed by atoms with van der Waals surface area (Å²) in [5.74, 6) is 1.45. The van der Waals surface area contributed by atoms with Crippen LogP contribution in [0.3, 0.4) is 0 Å². The van der Waals surface area contributed by atoms with E-state index >= 15 is 0 Å². The van der Waals surface area contributed by atoms with Crippen molar-refractivity contribution in [3.8, 4) is 17.2 Å². The van der Waals surface area contributed by atoms with Crippen molar-refractivity contribution in [3.05, 3.63) is 42.2 Å². The summed E-state index contributed by atoms with van der Waals surface area (Å²) < 4.78 is 15.8. The summed E-state index contributed by atoms with van der Waals surface area (Å²) in [4.78, 5) is 16.4. The Labute approximate surface area is 141 Å². The van der Waals surface area contributed by atoms with Gasteiger partial charge in [0.05, 0.1) is 21.3 Å². The Balaban J connectivity index is 2.11. The van der Waals surface area contributed by atoms with Gasteiger partial charge in [0.25, 0.3) is 0 Å². The first-order valence-electron chi connectivity index (χ1n) is 7.58. The highest BCUT2D eigenvalue weighted by atomic mass is 16.5. The number of carbonyl (C=O) groups excluding carboxylic acids is 1. The van der Waals surface area contributed by atoms with Crippen molar-refractivity contribution in [2.45, 2.75) is 19.3 Å². The van der Waals surface area contributed by atoms with E-state index in [4.69, 9.17) is 14.2 Å². The third-order valence-corrected chi connectivity index (χ3v) is 3.69. The van der Waals surface area contributed by atoms with Gasteiger partial charge < -0.3 is 19.5 Å². The molecule has 0 aliphatic heterocycles. The second-order valence-corrected chi connectivity index (χ2v) is 5.35. The van der Waals surface area contributed by atoms with Gasteiger partial charge in [-0.25, -0.2) is 0 Å². The van der Waals surface area contributed by atoms with Crippen LogP contribution in [0.4, 0.5) is 5.69 Å². The molecule has 1 atom stereocenters. The average Bonchev–Trinajstić information content (AvgIpc) is 2.61. The lowest BCUT2D eigenvalue weighted by molar-refractivity contribution is -0.116. The molecule has 1 heterocycles. The van der Waals surface area contributed by atoms with E-state index in [1.54, 1.807) is 24.5 Å².